The molecule has 2 unspecified atom stereocenters. The van der Waals surface area contributed by atoms with Crippen LogP contribution in [0.15, 0.2) is 71.0 Å². The van der Waals surface area contributed by atoms with Gasteiger partial charge in [0.25, 0.3) is 0 Å². The van der Waals surface area contributed by atoms with Crippen molar-refractivity contribution in [3.8, 4) is 0 Å². The second-order valence-electron chi connectivity index (χ2n) is 8.81. The molecule has 1 aliphatic rings. The van der Waals surface area contributed by atoms with Gasteiger partial charge >= 0.3 is 6.18 Å². The van der Waals surface area contributed by atoms with Crippen LogP contribution in [-0.4, -0.2) is 30.7 Å². The summed E-state index contributed by atoms with van der Waals surface area (Å²) in [7, 11) is 2.00. The average Bonchev–Trinajstić information content (AvgIpc) is 3.09. The van der Waals surface area contributed by atoms with E-state index in [9.17, 15) is 17.6 Å². The third-order valence-corrected chi connectivity index (χ3v) is 5.91. The Morgan fingerprint density at radius 3 is 2.42 bits per heavy atom. The van der Waals surface area contributed by atoms with Crippen molar-refractivity contribution in [3.63, 3.8) is 0 Å². The van der Waals surface area contributed by atoms with Crippen molar-refractivity contribution >= 4 is 0 Å². The van der Waals surface area contributed by atoms with Gasteiger partial charge in [0.05, 0.1) is 5.92 Å². The van der Waals surface area contributed by atoms with Gasteiger partial charge in [0.1, 0.15) is 5.82 Å². The lowest BCUT2D eigenvalue weighted by Gasteiger charge is -2.22. The molecule has 0 radical (unpaired) electrons. The number of allylic oxidation sites excluding steroid dienone is 7. The molecule has 1 saturated heterocycles. The summed E-state index contributed by atoms with van der Waals surface area (Å²) in [4.78, 5) is 2.14. The Morgan fingerprint density at radius 1 is 1.21 bits per heavy atom. The molecule has 6 heteroatoms. The van der Waals surface area contributed by atoms with Crippen LogP contribution in [0.3, 0.4) is 0 Å². The molecule has 1 aromatic rings. The van der Waals surface area contributed by atoms with E-state index in [1.54, 1.807) is 31.2 Å². The van der Waals surface area contributed by atoms with E-state index in [0.29, 0.717) is 18.5 Å². The molecule has 0 aliphatic carbocycles. The van der Waals surface area contributed by atoms with Gasteiger partial charge in [0.15, 0.2) is 0 Å². The Bertz CT molecular complexity index is 888. The van der Waals surface area contributed by atoms with Gasteiger partial charge in [0, 0.05) is 31.9 Å². The molecule has 182 valence electrons. The minimum atomic E-state index is -4.27. The fraction of sp³-hybridized carbons (Fsp3) is 0.481. The number of nitrogens with one attached hydrogen (secondary N) is 1. The summed E-state index contributed by atoms with van der Waals surface area (Å²) in [5.74, 6) is -1.74. The molecule has 2 nitrogen and oxygen atoms in total. The zero-order chi connectivity index (χ0) is 24.6. The Kier molecular flexibility index (Phi) is 9.96. The second-order valence-corrected chi connectivity index (χ2v) is 8.81. The number of likely N-dealkylation sites (tertiary alicyclic amines) is 1. The van der Waals surface area contributed by atoms with Crippen molar-refractivity contribution in [1.82, 2.24) is 10.2 Å². The molecule has 0 aromatic heterocycles. The first-order valence-electron chi connectivity index (χ1n) is 11.6. The SMILES string of the molecule is C/C=C\C(=C/C(CCC)C(F)(F)F)C(/C=C1/C(NCc2ccc(F)cc2)CCN1C)=C(C)C. The van der Waals surface area contributed by atoms with Crippen molar-refractivity contribution < 1.29 is 17.6 Å². The highest BCUT2D eigenvalue weighted by Gasteiger charge is 2.37. The van der Waals surface area contributed by atoms with Crippen molar-refractivity contribution in [2.45, 2.75) is 65.7 Å². The molecule has 1 aliphatic heterocycles. The van der Waals surface area contributed by atoms with Crippen molar-refractivity contribution in [1.29, 1.82) is 0 Å². The van der Waals surface area contributed by atoms with E-state index in [1.165, 1.54) is 18.2 Å². The van der Waals surface area contributed by atoms with Gasteiger partial charge < -0.3 is 10.2 Å². The number of alkyl halides is 3. The van der Waals surface area contributed by atoms with Crippen molar-refractivity contribution in [2.75, 3.05) is 13.6 Å². The fourth-order valence-corrected chi connectivity index (χ4v) is 4.07. The van der Waals surface area contributed by atoms with E-state index >= 15 is 0 Å². The highest BCUT2D eigenvalue weighted by Crippen LogP contribution is 2.34. The molecule has 0 saturated carbocycles. The molecule has 1 aromatic carbocycles. The van der Waals surface area contributed by atoms with Crippen LogP contribution in [0.4, 0.5) is 17.6 Å². The van der Waals surface area contributed by atoms with Gasteiger partial charge in [-0.2, -0.15) is 13.2 Å². The highest BCUT2D eigenvalue weighted by molar-refractivity contribution is 5.50. The van der Waals surface area contributed by atoms with Gasteiger partial charge in [-0.15, -0.1) is 0 Å². The van der Waals surface area contributed by atoms with Crippen LogP contribution in [0.1, 0.15) is 52.5 Å². The topological polar surface area (TPSA) is 15.3 Å². The van der Waals surface area contributed by atoms with Crippen LogP contribution in [0.5, 0.6) is 0 Å². The zero-order valence-electron chi connectivity index (χ0n) is 20.3. The van der Waals surface area contributed by atoms with Crippen LogP contribution in [0.2, 0.25) is 0 Å². The molecule has 33 heavy (non-hydrogen) atoms. The number of hydrogen-bond donors (Lipinski definition) is 1. The minimum absolute atomic E-state index is 0.0651. The van der Waals surface area contributed by atoms with E-state index in [2.05, 4.69) is 10.2 Å². The van der Waals surface area contributed by atoms with Gasteiger partial charge in [0.2, 0.25) is 0 Å². The van der Waals surface area contributed by atoms with Gasteiger partial charge in [-0.05, 0) is 68.5 Å². The molecule has 1 heterocycles. The number of hydrogen-bond acceptors (Lipinski definition) is 2. The van der Waals surface area contributed by atoms with E-state index in [4.69, 9.17) is 0 Å². The lowest BCUT2D eigenvalue weighted by atomic mass is 9.92. The quantitative estimate of drug-likeness (QED) is 0.304. The maximum Gasteiger partial charge on any atom is 0.395 e. The lowest BCUT2D eigenvalue weighted by molar-refractivity contribution is -0.162. The Balaban J connectivity index is 2.37. The summed E-state index contributed by atoms with van der Waals surface area (Å²) < 4.78 is 54.1. The molecule has 1 fully saturated rings. The van der Waals surface area contributed by atoms with E-state index in [0.717, 1.165) is 35.4 Å². The normalized spacial score (nSPS) is 19.5. The van der Waals surface area contributed by atoms with Crippen LogP contribution >= 0.6 is 0 Å². The summed E-state index contributed by atoms with van der Waals surface area (Å²) in [6, 6.07) is 6.46. The molecule has 0 spiro atoms. The molecular weight excluding hydrogens is 428 g/mol. The number of nitrogens with zero attached hydrogens (tertiary/aromatic N) is 1. The van der Waals surface area contributed by atoms with Crippen LogP contribution < -0.4 is 5.32 Å². The number of rotatable bonds is 9. The third kappa shape index (κ3) is 7.88. The van der Waals surface area contributed by atoms with Crippen LogP contribution in [0.25, 0.3) is 0 Å². The largest absolute Gasteiger partial charge is 0.395 e. The predicted molar refractivity (Wildman–Crippen MR) is 128 cm³/mol. The first kappa shape index (κ1) is 26.9. The summed E-state index contributed by atoms with van der Waals surface area (Å²) in [6.45, 7) is 8.90. The molecule has 0 bridgehead atoms. The first-order valence-corrected chi connectivity index (χ1v) is 11.6. The average molecular weight is 465 g/mol. The van der Waals surface area contributed by atoms with Crippen LogP contribution in [-0.2, 0) is 6.54 Å². The zero-order valence-corrected chi connectivity index (χ0v) is 20.3. The lowest BCUT2D eigenvalue weighted by Crippen LogP contribution is -2.29. The Morgan fingerprint density at radius 2 is 1.88 bits per heavy atom. The summed E-state index contributed by atoms with van der Waals surface area (Å²) in [6.07, 6.45) is 4.11. The predicted octanol–water partition coefficient (Wildman–Crippen LogP) is 7.32. The maximum absolute atomic E-state index is 13.6. The third-order valence-electron chi connectivity index (χ3n) is 5.91. The second kappa shape index (κ2) is 12.2. The number of likely N-dealkylation sites (N-methyl/N-ethyl adjacent to an activating group) is 1. The van der Waals surface area contributed by atoms with Gasteiger partial charge in [-0.3, -0.25) is 0 Å². The summed E-state index contributed by atoms with van der Waals surface area (Å²) in [5.41, 5.74) is 4.40. The first-order chi connectivity index (χ1) is 15.6. The Hall–Kier alpha value is -2.34. The minimum Gasteiger partial charge on any atom is -0.377 e. The van der Waals surface area contributed by atoms with Crippen molar-refractivity contribution in [2.24, 2.45) is 5.92 Å². The van der Waals surface area contributed by atoms with Crippen LogP contribution in [0, 0.1) is 11.7 Å². The van der Waals surface area contributed by atoms with E-state index in [-0.39, 0.29) is 18.3 Å². The fourth-order valence-electron chi connectivity index (χ4n) is 4.07. The molecular formula is C27H36F4N2. The standard InChI is InChI=1S/C27H36F4N2/c1-6-8-21(16-22(9-7-2)27(29,30)31)24(19(3)4)17-26-25(14-15-33(26)5)32-18-20-10-12-23(28)13-11-20/h6,8,10-13,16-17,22,25,32H,7,9,14-15,18H2,1-5H3/b8-6-,21-16+,26-17-. The maximum atomic E-state index is 13.6. The smallest absolute Gasteiger partial charge is 0.377 e. The van der Waals surface area contributed by atoms with E-state index < -0.39 is 12.1 Å². The number of halogens is 4. The highest BCUT2D eigenvalue weighted by atomic mass is 19.4. The van der Waals surface area contributed by atoms with Gasteiger partial charge in [-0.25, -0.2) is 4.39 Å². The molecule has 1 N–H and O–H groups in total. The molecule has 2 atom stereocenters. The van der Waals surface area contributed by atoms with Crippen molar-refractivity contribution in [3.05, 3.63) is 82.4 Å². The van der Waals surface area contributed by atoms with E-state index in [1.807, 2.05) is 33.9 Å². The molecule has 0 amide bonds. The summed E-state index contributed by atoms with van der Waals surface area (Å²) >= 11 is 0. The Labute approximate surface area is 195 Å². The summed E-state index contributed by atoms with van der Waals surface area (Å²) in [5, 5.41) is 3.53. The monoisotopic (exact) mass is 464 g/mol. The van der Waals surface area contributed by atoms with Gasteiger partial charge in [-0.1, -0.05) is 49.3 Å². The number of benzene rings is 1. The molecule has 2 rings (SSSR count).